The topological polar surface area (TPSA) is 70.5 Å². The molecule has 0 unspecified atom stereocenters. The molecule has 2 heterocycles. The molecule has 1 aliphatic rings. The van der Waals surface area contributed by atoms with Gasteiger partial charge in [0.15, 0.2) is 9.84 Å². The summed E-state index contributed by atoms with van der Waals surface area (Å²) in [7, 11) is -2.88. The average Bonchev–Trinajstić information content (AvgIpc) is 2.38. The molecule has 1 aromatic heterocycles. The molecule has 1 saturated heterocycles. The highest BCUT2D eigenvalue weighted by molar-refractivity contribution is 7.91. The normalized spacial score (nSPS) is 18.8. The predicted octanol–water partition coefficient (Wildman–Crippen LogP) is 0.932. The zero-order valence-corrected chi connectivity index (χ0v) is 12.2. The third-order valence-electron chi connectivity index (χ3n) is 3.33. The molecule has 6 heteroatoms. The van der Waals surface area contributed by atoms with Gasteiger partial charge >= 0.3 is 0 Å². The van der Waals surface area contributed by atoms with Crippen molar-refractivity contribution in [1.29, 1.82) is 0 Å². The minimum absolute atomic E-state index is 0.0264. The Bertz CT molecular complexity index is 541. The molecule has 0 bridgehead atoms. The van der Waals surface area contributed by atoms with Crippen LogP contribution < -0.4 is 4.90 Å². The minimum Gasteiger partial charge on any atom is -0.392 e. The van der Waals surface area contributed by atoms with Crippen LogP contribution in [0.2, 0.25) is 0 Å². The summed E-state index contributed by atoms with van der Waals surface area (Å²) >= 11 is 0. The van der Waals surface area contributed by atoms with Gasteiger partial charge in [0.2, 0.25) is 0 Å². The van der Waals surface area contributed by atoms with Crippen molar-refractivity contribution in [3.8, 4) is 0 Å². The standard InChI is InChI=1S/C13H20N2O3S/c1-10(2)12-7-11(9-16)8-13(14-12)15-3-5-19(17,18)6-4-15/h7-8,10,16H,3-6,9H2,1-2H3. The Morgan fingerprint density at radius 2 is 1.95 bits per heavy atom. The maximum atomic E-state index is 11.4. The van der Waals surface area contributed by atoms with Crippen LogP contribution in [0.25, 0.3) is 0 Å². The summed E-state index contributed by atoms with van der Waals surface area (Å²) in [6, 6.07) is 3.73. The first-order valence-electron chi connectivity index (χ1n) is 6.48. The van der Waals surface area contributed by atoms with Crippen molar-refractivity contribution in [3.63, 3.8) is 0 Å². The van der Waals surface area contributed by atoms with E-state index in [0.717, 1.165) is 17.1 Å². The molecule has 106 valence electrons. The summed E-state index contributed by atoms with van der Waals surface area (Å²) in [5, 5.41) is 9.31. The molecule has 0 radical (unpaired) electrons. The number of rotatable bonds is 3. The number of aliphatic hydroxyl groups excluding tert-OH is 1. The van der Waals surface area contributed by atoms with Crippen molar-refractivity contribution < 1.29 is 13.5 Å². The minimum atomic E-state index is -2.88. The fourth-order valence-corrected chi connectivity index (χ4v) is 3.29. The van der Waals surface area contributed by atoms with Gasteiger partial charge in [-0.25, -0.2) is 13.4 Å². The number of hydrogen-bond acceptors (Lipinski definition) is 5. The van der Waals surface area contributed by atoms with Gasteiger partial charge in [0, 0.05) is 18.8 Å². The van der Waals surface area contributed by atoms with Crippen LogP contribution >= 0.6 is 0 Å². The van der Waals surface area contributed by atoms with Crippen LogP contribution in [0, 0.1) is 0 Å². The highest BCUT2D eigenvalue weighted by Gasteiger charge is 2.23. The van der Waals surface area contributed by atoms with E-state index in [1.54, 1.807) is 0 Å². The lowest BCUT2D eigenvalue weighted by Gasteiger charge is -2.28. The van der Waals surface area contributed by atoms with E-state index in [4.69, 9.17) is 0 Å². The second-order valence-corrected chi connectivity index (χ2v) is 7.51. The van der Waals surface area contributed by atoms with E-state index in [2.05, 4.69) is 4.98 Å². The van der Waals surface area contributed by atoms with Crippen LogP contribution in [0.3, 0.4) is 0 Å². The van der Waals surface area contributed by atoms with Crippen molar-refractivity contribution in [1.82, 2.24) is 4.98 Å². The summed E-state index contributed by atoms with van der Waals surface area (Å²) in [5.41, 5.74) is 1.75. The average molecular weight is 284 g/mol. The smallest absolute Gasteiger partial charge is 0.153 e. The Labute approximate surface area is 114 Å². The van der Waals surface area contributed by atoms with Gasteiger partial charge in [0.05, 0.1) is 18.1 Å². The van der Waals surface area contributed by atoms with E-state index in [9.17, 15) is 13.5 Å². The fourth-order valence-electron chi connectivity index (χ4n) is 2.08. The molecule has 1 aromatic rings. The van der Waals surface area contributed by atoms with Gasteiger partial charge in [0.1, 0.15) is 5.82 Å². The van der Waals surface area contributed by atoms with Crippen LogP contribution in [-0.4, -0.2) is 43.1 Å². The monoisotopic (exact) mass is 284 g/mol. The molecular formula is C13H20N2O3S. The zero-order chi connectivity index (χ0) is 14.0. The Balaban J connectivity index is 2.27. The molecular weight excluding hydrogens is 264 g/mol. The number of nitrogens with zero attached hydrogens (tertiary/aromatic N) is 2. The molecule has 0 spiro atoms. The third-order valence-corrected chi connectivity index (χ3v) is 4.94. The maximum absolute atomic E-state index is 11.4. The molecule has 1 fully saturated rings. The number of sulfone groups is 1. The molecule has 0 aromatic carbocycles. The molecule has 0 atom stereocenters. The molecule has 2 rings (SSSR count). The van der Waals surface area contributed by atoms with Crippen molar-refractivity contribution >= 4 is 15.7 Å². The Hall–Kier alpha value is -1.14. The van der Waals surface area contributed by atoms with Gasteiger partial charge in [-0.15, -0.1) is 0 Å². The molecule has 1 N–H and O–H groups in total. The molecule has 1 aliphatic heterocycles. The van der Waals surface area contributed by atoms with E-state index < -0.39 is 9.84 Å². The van der Waals surface area contributed by atoms with Crippen LogP contribution in [-0.2, 0) is 16.4 Å². The number of pyridine rings is 1. The first kappa shape index (κ1) is 14.3. The summed E-state index contributed by atoms with van der Waals surface area (Å²) in [4.78, 5) is 6.55. The molecule has 0 amide bonds. The summed E-state index contributed by atoms with van der Waals surface area (Å²) in [6.07, 6.45) is 0. The second kappa shape index (κ2) is 5.46. The highest BCUT2D eigenvalue weighted by atomic mass is 32.2. The summed E-state index contributed by atoms with van der Waals surface area (Å²) in [5.74, 6) is 1.40. The van der Waals surface area contributed by atoms with E-state index in [1.807, 2.05) is 30.9 Å². The number of hydrogen-bond donors (Lipinski definition) is 1. The van der Waals surface area contributed by atoms with Gasteiger partial charge < -0.3 is 10.0 Å². The van der Waals surface area contributed by atoms with Crippen LogP contribution in [0.4, 0.5) is 5.82 Å². The highest BCUT2D eigenvalue weighted by Crippen LogP contribution is 2.21. The van der Waals surface area contributed by atoms with Crippen molar-refractivity contribution in [2.75, 3.05) is 29.5 Å². The Morgan fingerprint density at radius 3 is 2.47 bits per heavy atom. The second-order valence-electron chi connectivity index (χ2n) is 5.21. The van der Waals surface area contributed by atoms with Gasteiger partial charge in [-0.2, -0.15) is 0 Å². The van der Waals surface area contributed by atoms with Crippen LogP contribution in [0.5, 0.6) is 0 Å². The SMILES string of the molecule is CC(C)c1cc(CO)cc(N2CCS(=O)(=O)CC2)n1. The number of aliphatic hydroxyl groups is 1. The van der Waals surface area contributed by atoms with E-state index in [0.29, 0.717) is 13.1 Å². The summed E-state index contributed by atoms with van der Waals surface area (Å²) in [6.45, 7) is 5.02. The first-order valence-corrected chi connectivity index (χ1v) is 8.30. The molecule has 0 aliphatic carbocycles. The Morgan fingerprint density at radius 1 is 1.32 bits per heavy atom. The van der Waals surface area contributed by atoms with E-state index in [-0.39, 0.29) is 24.0 Å². The molecule has 5 nitrogen and oxygen atoms in total. The lowest BCUT2D eigenvalue weighted by Crippen LogP contribution is -2.40. The quantitative estimate of drug-likeness (QED) is 0.894. The van der Waals surface area contributed by atoms with Gasteiger partial charge in [0.25, 0.3) is 0 Å². The lowest BCUT2D eigenvalue weighted by atomic mass is 10.1. The van der Waals surface area contributed by atoms with Gasteiger partial charge in [-0.05, 0) is 23.6 Å². The summed E-state index contributed by atoms with van der Waals surface area (Å²) < 4.78 is 22.9. The zero-order valence-electron chi connectivity index (χ0n) is 11.3. The first-order chi connectivity index (χ1) is 8.91. The van der Waals surface area contributed by atoms with E-state index in [1.165, 1.54) is 0 Å². The molecule has 0 saturated carbocycles. The van der Waals surface area contributed by atoms with E-state index >= 15 is 0 Å². The molecule has 19 heavy (non-hydrogen) atoms. The Kier molecular flexibility index (Phi) is 4.10. The predicted molar refractivity (Wildman–Crippen MR) is 75.1 cm³/mol. The lowest BCUT2D eigenvalue weighted by molar-refractivity contribution is 0.281. The van der Waals surface area contributed by atoms with Crippen LogP contribution in [0.1, 0.15) is 31.0 Å². The fraction of sp³-hybridized carbons (Fsp3) is 0.615. The third kappa shape index (κ3) is 3.45. The van der Waals surface area contributed by atoms with Gasteiger partial charge in [-0.1, -0.05) is 13.8 Å². The van der Waals surface area contributed by atoms with Gasteiger partial charge in [-0.3, -0.25) is 0 Å². The largest absolute Gasteiger partial charge is 0.392 e. The van der Waals surface area contributed by atoms with Crippen molar-refractivity contribution in [3.05, 3.63) is 23.4 Å². The van der Waals surface area contributed by atoms with Crippen LogP contribution in [0.15, 0.2) is 12.1 Å². The number of anilines is 1. The maximum Gasteiger partial charge on any atom is 0.153 e. The van der Waals surface area contributed by atoms with Crippen molar-refractivity contribution in [2.45, 2.75) is 26.4 Å². The van der Waals surface area contributed by atoms with Crippen molar-refractivity contribution in [2.24, 2.45) is 0 Å². The number of aromatic nitrogens is 1.